The molecular formula is C28H36N2O10. The lowest BCUT2D eigenvalue weighted by Gasteiger charge is -2.43. The number of nitrogens with one attached hydrogen (secondary N) is 1. The second-order valence-corrected chi connectivity index (χ2v) is 10.5. The molecule has 12 heteroatoms. The minimum atomic E-state index is -1.63. The molecule has 218 valence electrons. The average Bonchev–Trinajstić information content (AvgIpc) is 3.31. The van der Waals surface area contributed by atoms with Gasteiger partial charge in [0.1, 0.15) is 30.2 Å². The Balaban J connectivity index is 1.49. The fourth-order valence-electron chi connectivity index (χ4n) is 6.08. The SMILES string of the molecule is C=C[C@H]1[C@H](O[C@@H]2O[C@H](CO)[C@@H](O)[C@H](O)[C@H]2O)OC=C(C(=O)OC)[C@H]1C[C@@H]1c2c(O)ccc3[nH]cc(c23)CCN1C. The fraction of sp³-hybridized carbons (Fsp3) is 0.536. The molecule has 12 nitrogen and oxygen atoms in total. The number of hydrogen-bond acceptors (Lipinski definition) is 11. The van der Waals surface area contributed by atoms with Gasteiger partial charge in [0.25, 0.3) is 0 Å². The van der Waals surface area contributed by atoms with E-state index in [4.69, 9.17) is 18.9 Å². The monoisotopic (exact) mass is 560 g/mol. The molecule has 0 aliphatic carbocycles. The molecule has 9 atom stereocenters. The van der Waals surface area contributed by atoms with Crippen molar-refractivity contribution in [1.82, 2.24) is 9.88 Å². The highest BCUT2D eigenvalue weighted by atomic mass is 16.8. The van der Waals surface area contributed by atoms with Gasteiger partial charge in [0.2, 0.25) is 6.29 Å². The van der Waals surface area contributed by atoms with Gasteiger partial charge in [-0.1, -0.05) is 6.08 Å². The van der Waals surface area contributed by atoms with Crippen LogP contribution in [-0.2, 0) is 30.2 Å². The molecule has 3 aliphatic rings. The molecule has 40 heavy (non-hydrogen) atoms. The minimum Gasteiger partial charge on any atom is -0.508 e. The predicted octanol–water partition coefficient (Wildman–Crippen LogP) is 0.441. The lowest BCUT2D eigenvalue weighted by Crippen LogP contribution is -2.60. The summed E-state index contributed by atoms with van der Waals surface area (Å²) in [6.07, 6.45) is -2.62. The molecule has 1 saturated heterocycles. The number of nitrogens with zero attached hydrogens (tertiary/aromatic N) is 1. The van der Waals surface area contributed by atoms with E-state index in [1.807, 2.05) is 19.3 Å². The first-order chi connectivity index (χ1) is 19.2. The van der Waals surface area contributed by atoms with Gasteiger partial charge in [0, 0.05) is 47.1 Å². The standard InChI is InChI=1S/C28H36N2O10/c1-4-14-15(9-18-22-19(32)6-5-17-21(22)13(10-29-17)7-8-30(18)2)16(26(36)37-3)12-38-27(14)40-28-25(35)24(34)23(33)20(11-31)39-28/h4-6,10,12,14-15,18,20,23-25,27-29,31-35H,1,7-9,11H2,2-3H3/t14-,15+,18-,20-,23-,24+,25-,27+,28+/m1/s1. The Morgan fingerprint density at radius 3 is 2.70 bits per heavy atom. The van der Waals surface area contributed by atoms with Crippen molar-refractivity contribution < 1.29 is 49.3 Å². The first kappa shape index (κ1) is 28.6. The topological polar surface area (TPSA) is 174 Å². The van der Waals surface area contributed by atoms with Gasteiger partial charge in [0.05, 0.1) is 25.6 Å². The third kappa shape index (κ3) is 4.90. The number of rotatable bonds is 7. The fourth-order valence-corrected chi connectivity index (χ4v) is 6.08. The van der Waals surface area contributed by atoms with E-state index >= 15 is 0 Å². The maximum Gasteiger partial charge on any atom is 0.337 e. The molecule has 3 aliphatic heterocycles. The van der Waals surface area contributed by atoms with Crippen LogP contribution < -0.4 is 0 Å². The molecule has 1 aromatic heterocycles. The zero-order chi connectivity index (χ0) is 28.7. The van der Waals surface area contributed by atoms with Crippen LogP contribution in [0.3, 0.4) is 0 Å². The molecule has 0 unspecified atom stereocenters. The second kappa shape index (κ2) is 11.5. The number of benzene rings is 1. The Morgan fingerprint density at radius 2 is 2.00 bits per heavy atom. The van der Waals surface area contributed by atoms with E-state index < -0.39 is 61.4 Å². The number of phenolic OH excluding ortho intramolecular Hbond substituents is 1. The van der Waals surface area contributed by atoms with Crippen LogP contribution in [0.2, 0.25) is 0 Å². The Hall–Kier alpha value is -2.97. The van der Waals surface area contributed by atoms with Crippen LogP contribution in [0.15, 0.2) is 42.8 Å². The number of methoxy groups -OCH3 is 1. The minimum absolute atomic E-state index is 0.145. The molecule has 0 radical (unpaired) electrons. The molecule has 5 rings (SSSR count). The van der Waals surface area contributed by atoms with E-state index in [9.17, 15) is 30.3 Å². The number of hydrogen-bond donors (Lipinski definition) is 6. The predicted molar refractivity (Wildman–Crippen MR) is 141 cm³/mol. The Bertz CT molecular complexity index is 1280. The van der Waals surface area contributed by atoms with Crippen LogP contribution >= 0.6 is 0 Å². The number of aliphatic hydroxyl groups is 4. The van der Waals surface area contributed by atoms with E-state index in [2.05, 4.69) is 16.5 Å². The first-order valence-electron chi connectivity index (χ1n) is 13.2. The summed E-state index contributed by atoms with van der Waals surface area (Å²) in [5.74, 6) is -1.66. The van der Waals surface area contributed by atoms with Gasteiger partial charge >= 0.3 is 5.97 Å². The number of aromatic hydroxyl groups is 1. The number of likely N-dealkylation sites (N-methyl/N-ethyl adjacent to an activating group) is 1. The summed E-state index contributed by atoms with van der Waals surface area (Å²) in [6.45, 7) is 4.04. The number of phenols is 1. The number of aliphatic hydroxyl groups excluding tert-OH is 4. The van der Waals surface area contributed by atoms with E-state index in [0.29, 0.717) is 13.0 Å². The van der Waals surface area contributed by atoms with Crippen molar-refractivity contribution in [3.05, 3.63) is 53.9 Å². The van der Waals surface area contributed by atoms with Crippen molar-refractivity contribution in [3.8, 4) is 5.75 Å². The third-order valence-electron chi connectivity index (χ3n) is 8.34. The van der Waals surface area contributed by atoms with Gasteiger partial charge in [-0.15, -0.1) is 6.58 Å². The van der Waals surface area contributed by atoms with Crippen LogP contribution in [0, 0.1) is 11.8 Å². The summed E-state index contributed by atoms with van der Waals surface area (Å²) in [6, 6.07) is 3.18. The molecule has 0 saturated carbocycles. The summed E-state index contributed by atoms with van der Waals surface area (Å²) in [4.78, 5) is 18.3. The quantitative estimate of drug-likeness (QED) is 0.205. The second-order valence-electron chi connectivity index (χ2n) is 10.5. The Kier molecular flexibility index (Phi) is 8.20. The zero-order valence-corrected chi connectivity index (χ0v) is 22.3. The summed E-state index contributed by atoms with van der Waals surface area (Å²) in [5, 5.41) is 52.4. The van der Waals surface area contributed by atoms with Crippen LogP contribution in [0.4, 0.5) is 0 Å². The van der Waals surface area contributed by atoms with Crippen molar-refractivity contribution in [2.45, 2.75) is 55.9 Å². The first-order valence-corrected chi connectivity index (χ1v) is 13.2. The largest absolute Gasteiger partial charge is 0.508 e. The van der Waals surface area contributed by atoms with Crippen LogP contribution in [-0.4, -0.2) is 106 Å². The number of aromatic nitrogens is 1. The lowest BCUT2D eigenvalue weighted by molar-refractivity contribution is -0.339. The highest BCUT2D eigenvalue weighted by molar-refractivity contribution is 5.90. The van der Waals surface area contributed by atoms with Gasteiger partial charge in [-0.05, 0) is 37.6 Å². The smallest absolute Gasteiger partial charge is 0.337 e. The number of esters is 1. The van der Waals surface area contributed by atoms with Gasteiger partial charge in [-0.3, -0.25) is 4.90 Å². The summed E-state index contributed by atoms with van der Waals surface area (Å²) >= 11 is 0. The van der Waals surface area contributed by atoms with Crippen molar-refractivity contribution in [2.75, 3.05) is 27.3 Å². The normalized spacial score (nSPS) is 34.5. The van der Waals surface area contributed by atoms with Crippen LogP contribution in [0.25, 0.3) is 10.9 Å². The molecule has 0 bridgehead atoms. The Morgan fingerprint density at radius 1 is 1.23 bits per heavy atom. The summed E-state index contributed by atoms with van der Waals surface area (Å²) in [7, 11) is 3.24. The van der Waals surface area contributed by atoms with Crippen molar-refractivity contribution in [2.24, 2.45) is 11.8 Å². The average molecular weight is 561 g/mol. The maximum absolute atomic E-state index is 12.9. The number of carbonyl (C=O) groups is 1. The molecule has 4 heterocycles. The highest BCUT2D eigenvalue weighted by Crippen LogP contribution is 2.46. The van der Waals surface area contributed by atoms with E-state index in [1.165, 1.54) is 13.4 Å². The Labute approximate surface area is 231 Å². The lowest BCUT2D eigenvalue weighted by atomic mass is 9.77. The maximum atomic E-state index is 12.9. The van der Waals surface area contributed by atoms with Gasteiger partial charge in [-0.2, -0.15) is 0 Å². The van der Waals surface area contributed by atoms with Crippen molar-refractivity contribution >= 4 is 16.9 Å². The molecule has 2 aromatic rings. The highest BCUT2D eigenvalue weighted by Gasteiger charge is 2.48. The number of carbonyl (C=O) groups excluding carboxylic acids is 1. The molecule has 0 spiro atoms. The zero-order valence-electron chi connectivity index (χ0n) is 22.3. The molecule has 0 amide bonds. The van der Waals surface area contributed by atoms with E-state index in [-0.39, 0.29) is 17.4 Å². The molecule has 6 N–H and O–H groups in total. The van der Waals surface area contributed by atoms with Crippen LogP contribution in [0.1, 0.15) is 23.6 Å². The van der Waals surface area contributed by atoms with Crippen molar-refractivity contribution in [3.63, 3.8) is 0 Å². The third-order valence-corrected chi connectivity index (χ3v) is 8.34. The number of ether oxygens (including phenoxy) is 4. The van der Waals surface area contributed by atoms with Crippen molar-refractivity contribution in [1.29, 1.82) is 0 Å². The van der Waals surface area contributed by atoms with Gasteiger partial charge < -0.3 is 49.5 Å². The molecular weight excluding hydrogens is 524 g/mol. The van der Waals surface area contributed by atoms with Gasteiger partial charge in [0.15, 0.2) is 6.29 Å². The summed E-state index contributed by atoms with van der Waals surface area (Å²) < 4.78 is 22.3. The number of aromatic amines is 1. The van der Waals surface area contributed by atoms with Crippen LogP contribution in [0.5, 0.6) is 5.75 Å². The van der Waals surface area contributed by atoms with E-state index in [1.54, 1.807) is 12.1 Å². The summed E-state index contributed by atoms with van der Waals surface area (Å²) in [5.41, 5.74) is 3.00. The molecule has 1 fully saturated rings. The molecule has 1 aromatic carbocycles. The number of H-pyrrole nitrogens is 1. The van der Waals surface area contributed by atoms with Gasteiger partial charge in [-0.25, -0.2) is 4.79 Å². The van der Waals surface area contributed by atoms with E-state index in [0.717, 1.165) is 28.5 Å².